The Hall–Kier alpha value is -2.82. The minimum Gasteiger partial charge on any atom is -0.378 e. The zero-order valence-electron chi connectivity index (χ0n) is 15.3. The van der Waals surface area contributed by atoms with Crippen LogP contribution >= 0.6 is 0 Å². The summed E-state index contributed by atoms with van der Waals surface area (Å²) < 4.78 is 51.2. The van der Waals surface area contributed by atoms with Crippen LogP contribution in [-0.4, -0.2) is 50.7 Å². The number of nitrogens with one attached hydrogen (secondary N) is 1. The number of sulfonamides is 1. The molecule has 1 amide bonds. The van der Waals surface area contributed by atoms with Gasteiger partial charge in [-0.2, -0.15) is 0 Å². The van der Waals surface area contributed by atoms with Crippen molar-refractivity contribution in [2.75, 3.05) is 26.3 Å². The number of fused-ring (bicyclic) bond motifs is 1. The van der Waals surface area contributed by atoms with E-state index in [0.29, 0.717) is 42.8 Å². The fourth-order valence-corrected chi connectivity index (χ4v) is 4.06. The third-order valence-corrected chi connectivity index (χ3v) is 6.03. The van der Waals surface area contributed by atoms with Crippen molar-refractivity contribution >= 4 is 26.9 Å². The summed E-state index contributed by atoms with van der Waals surface area (Å²) in [6, 6.07) is 9.73. The molecule has 152 valence electrons. The maximum absolute atomic E-state index is 13.0. The van der Waals surface area contributed by atoms with Gasteiger partial charge in [0.15, 0.2) is 11.3 Å². The van der Waals surface area contributed by atoms with E-state index in [0.717, 1.165) is 0 Å². The number of nitrogens with zero attached hydrogens (tertiary/aromatic N) is 2. The number of amides is 1. The van der Waals surface area contributed by atoms with Gasteiger partial charge < -0.3 is 14.2 Å². The van der Waals surface area contributed by atoms with Crippen LogP contribution < -0.4 is 4.72 Å². The molecule has 0 aliphatic carbocycles. The van der Waals surface area contributed by atoms with Crippen LogP contribution in [0.15, 0.2) is 51.9 Å². The van der Waals surface area contributed by atoms with Gasteiger partial charge in [-0.15, -0.1) is 0 Å². The number of benzene rings is 2. The van der Waals surface area contributed by atoms with Gasteiger partial charge in [-0.05, 0) is 35.9 Å². The van der Waals surface area contributed by atoms with Gasteiger partial charge in [0.1, 0.15) is 5.82 Å². The second-order valence-corrected chi connectivity index (χ2v) is 8.31. The molecule has 0 saturated carbocycles. The largest absolute Gasteiger partial charge is 0.378 e. The lowest BCUT2D eigenvalue weighted by Gasteiger charge is -2.25. The number of hydrogen-bond acceptors (Lipinski definition) is 6. The molecule has 1 aliphatic rings. The highest BCUT2D eigenvalue weighted by Gasteiger charge is 2.25. The first-order valence-electron chi connectivity index (χ1n) is 8.94. The maximum Gasteiger partial charge on any atom is 0.276 e. The van der Waals surface area contributed by atoms with E-state index in [1.165, 1.54) is 42.5 Å². The fraction of sp³-hybridized carbons (Fsp3) is 0.263. The Bertz CT molecular complexity index is 1140. The smallest absolute Gasteiger partial charge is 0.276 e. The van der Waals surface area contributed by atoms with Gasteiger partial charge in [-0.1, -0.05) is 17.3 Å². The summed E-state index contributed by atoms with van der Waals surface area (Å²) >= 11 is 0. The lowest BCUT2D eigenvalue weighted by atomic mass is 10.2. The second-order valence-electron chi connectivity index (χ2n) is 6.54. The molecule has 29 heavy (non-hydrogen) atoms. The fourth-order valence-electron chi connectivity index (χ4n) is 3.02. The standard InChI is InChI=1S/C19H18FN3O5S/c20-14-3-1-13(2-4-14)12-21-29(25,26)15-5-6-17-16(11-15)18(22-28-17)19(24)23-7-9-27-10-8-23/h1-6,11,21H,7-10,12H2. The van der Waals surface area contributed by atoms with Gasteiger partial charge in [0.05, 0.1) is 23.5 Å². The molecule has 0 bridgehead atoms. The Morgan fingerprint density at radius 3 is 2.59 bits per heavy atom. The van der Waals surface area contributed by atoms with E-state index < -0.39 is 15.8 Å². The van der Waals surface area contributed by atoms with E-state index in [1.807, 2.05) is 0 Å². The van der Waals surface area contributed by atoms with Crippen molar-refractivity contribution in [3.05, 3.63) is 59.5 Å². The molecule has 8 nitrogen and oxygen atoms in total. The number of halogens is 1. The van der Waals surface area contributed by atoms with Crippen LogP contribution in [0.4, 0.5) is 4.39 Å². The van der Waals surface area contributed by atoms with Crippen LogP contribution in [0.5, 0.6) is 0 Å². The van der Waals surface area contributed by atoms with Gasteiger partial charge in [-0.3, -0.25) is 4.79 Å². The van der Waals surface area contributed by atoms with Crippen molar-refractivity contribution in [1.29, 1.82) is 0 Å². The summed E-state index contributed by atoms with van der Waals surface area (Å²) in [5.41, 5.74) is 1.00. The number of aromatic nitrogens is 1. The average Bonchev–Trinajstić information content (AvgIpc) is 3.17. The molecule has 1 fully saturated rings. The Balaban J connectivity index is 1.58. The topological polar surface area (TPSA) is 102 Å². The first-order valence-corrected chi connectivity index (χ1v) is 10.4. The van der Waals surface area contributed by atoms with Crippen LogP contribution in [0.25, 0.3) is 11.0 Å². The van der Waals surface area contributed by atoms with E-state index in [4.69, 9.17) is 9.26 Å². The first-order chi connectivity index (χ1) is 13.9. The predicted molar refractivity (Wildman–Crippen MR) is 101 cm³/mol. The van der Waals surface area contributed by atoms with Crippen molar-refractivity contribution in [2.45, 2.75) is 11.4 Å². The van der Waals surface area contributed by atoms with Gasteiger partial charge in [0, 0.05) is 19.6 Å². The van der Waals surface area contributed by atoms with Crippen LogP contribution in [0.3, 0.4) is 0 Å². The number of hydrogen-bond donors (Lipinski definition) is 1. The third kappa shape index (κ3) is 4.14. The van der Waals surface area contributed by atoms with E-state index in [1.54, 1.807) is 4.90 Å². The molecule has 2 aromatic carbocycles. The maximum atomic E-state index is 13.0. The van der Waals surface area contributed by atoms with Crippen molar-refractivity contribution in [3.63, 3.8) is 0 Å². The minimum atomic E-state index is -3.86. The Labute approximate surface area is 166 Å². The lowest BCUT2D eigenvalue weighted by molar-refractivity contribution is 0.0297. The number of ether oxygens (including phenoxy) is 1. The monoisotopic (exact) mass is 419 g/mol. The van der Waals surface area contributed by atoms with Crippen molar-refractivity contribution in [1.82, 2.24) is 14.8 Å². The Kier molecular flexibility index (Phi) is 5.31. The molecular formula is C19H18FN3O5S. The van der Waals surface area contributed by atoms with Gasteiger partial charge in [0.2, 0.25) is 10.0 Å². The lowest BCUT2D eigenvalue weighted by Crippen LogP contribution is -2.40. The van der Waals surface area contributed by atoms with E-state index in [-0.39, 0.29) is 23.0 Å². The summed E-state index contributed by atoms with van der Waals surface area (Å²) in [4.78, 5) is 14.3. The van der Waals surface area contributed by atoms with Gasteiger partial charge in [0.25, 0.3) is 5.91 Å². The van der Waals surface area contributed by atoms with Crippen LogP contribution in [-0.2, 0) is 21.3 Å². The first kappa shape index (κ1) is 19.5. The summed E-state index contributed by atoms with van der Waals surface area (Å²) in [6.45, 7) is 1.75. The SMILES string of the molecule is O=C(c1noc2ccc(S(=O)(=O)NCc3ccc(F)cc3)cc12)N1CCOCC1. The van der Waals surface area contributed by atoms with Gasteiger partial charge >= 0.3 is 0 Å². The Morgan fingerprint density at radius 1 is 1.14 bits per heavy atom. The molecule has 0 unspecified atom stereocenters. The molecule has 1 saturated heterocycles. The molecule has 3 aromatic rings. The molecule has 0 radical (unpaired) electrons. The summed E-state index contributed by atoms with van der Waals surface area (Å²) in [6.07, 6.45) is 0. The molecule has 0 atom stereocenters. The quantitative estimate of drug-likeness (QED) is 0.678. The van der Waals surface area contributed by atoms with E-state index in [9.17, 15) is 17.6 Å². The highest BCUT2D eigenvalue weighted by molar-refractivity contribution is 7.89. The zero-order chi connectivity index (χ0) is 20.4. The highest BCUT2D eigenvalue weighted by atomic mass is 32.2. The van der Waals surface area contributed by atoms with Crippen molar-refractivity contribution in [2.24, 2.45) is 0 Å². The highest BCUT2D eigenvalue weighted by Crippen LogP contribution is 2.24. The van der Waals surface area contributed by atoms with E-state index in [2.05, 4.69) is 9.88 Å². The number of rotatable bonds is 5. The molecule has 10 heteroatoms. The molecule has 0 spiro atoms. The molecule has 1 aliphatic heterocycles. The number of carbonyl (C=O) groups is 1. The second kappa shape index (κ2) is 7.90. The normalized spacial score (nSPS) is 15.0. The molecule has 2 heterocycles. The molecular weight excluding hydrogens is 401 g/mol. The van der Waals surface area contributed by atoms with Crippen LogP contribution in [0.2, 0.25) is 0 Å². The zero-order valence-corrected chi connectivity index (χ0v) is 16.1. The Morgan fingerprint density at radius 2 is 1.86 bits per heavy atom. The van der Waals surface area contributed by atoms with E-state index >= 15 is 0 Å². The summed E-state index contributed by atoms with van der Waals surface area (Å²) in [5, 5.41) is 4.16. The summed E-state index contributed by atoms with van der Waals surface area (Å²) in [5.74, 6) is -0.729. The molecule has 1 N–H and O–H groups in total. The van der Waals surface area contributed by atoms with Crippen molar-refractivity contribution in [3.8, 4) is 0 Å². The van der Waals surface area contributed by atoms with Crippen LogP contribution in [0, 0.1) is 5.82 Å². The predicted octanol–water partition coefficient (Wildman–Crippen LogP) is 1.92. The van der Waals surface area contributed by atoms with Gasteiger partial charge in [-0.25, -0.2) is 17.5 Å². The number of carbonyl (C=O) groups excluding carboxylic acids is 1. The van der Waals surface area contributed by atoms with Crippen LogP contribution in [0.1, 0.15) is 16.1 Å². The minimum absolute atomic E-state index is 0.00382. The molecule has 1 aromatic heterocycles. The molecule has 4 rings (SSSR count). The third-order valence-electron chi connectivity index (χ3n) is 4.63. The summed E-state index contributed by atoms with van der Waals surface area (Å²) in [7, 11) is -3.86. The number of morpholine rings is 1. The average molecular weight is 419 g/mol. The van der Waals surface area contributed by atoms with Crippen molar-refractivity contribution < 1.29 is 26.9 Å².